The Morgan fingerprint density at radius 1 is 1.17 bits per heavy atom. The van der Waals surface area contributed by atoms with Crippen molar-refractivity contribution in [3.63, 3.8) is 0 Å². The average molecular weight is 324 g/mol. The van der Waals surface area contributed by atoms with Gasteiger partial charge < -0.3 is 9.32 Å². The molecule has 1 amide bonds. The third kappa shape index (κ3) is 3.23. The van der Waals surface area contributed by atoms with Crippen LogP contribution in [-0.4, -0.2) is 28.9 Å². The molecule has 4 rings (SSSR count). The summed E-state index contributed by atoms with van der Waals surface area (Å²) in [7, 11) is 0. The Bertz CT molecular complexity index is 683. The highest BCUT2D eigenvalue weighted by Gasteiger charge is 2.37. The van der Waals surface area contributed by atoms with Crippen molar-refractivity contribution in [2.24, 2.45) is 11.8 Å². The molecule has 1 aliphatic carbocycles. The lowest BCUT2D eigenvalue weighted by molar-refractivity contribution is -0.130. The quantitative estimate of drug-likeness (QED) is 0.837. The first-order valence-electron chi connectivity index (χ1n) is 9.07. The monoisotopic (exact) mass is 324 g/mol. The van der Waals surface area contributed by atoms with E-state index < -0.39 is 0 Å². The van der Waals surface area contributed by atoms with E-state index in [4.69, 9.17) is 4.42 Å². The Morgan fingerprint density at radius 2 is 1.92 bits per heavy atom. The lowest BCUT2D eigenvalue weighted by Crippen LogP contribution is -2.29. The molecule has 2 fully saturated rings. The predicted molar refractivity (Wildman–Crippen MR) is 92.3 cm³/mol. The van der Waals surface area contributed by atoms with Crippen LogP contribution in [0, 0.1) is 11.8 Å². The summed E-state index contributed by atoms with van der Waals surface area (Å²) in [5.41, 5.74) is 1.04. The summed E-state index contributed by atoms with van der Waals surface area (Å²) in [4.78, 5) is 18.8. The molecule has 2 atom stereocenters. The van der Waals surface area contributed by atoms with Crippen molar-refractivity contribution in [1.82, 2.24) is 9.88 Å². The minimum atomic E-state index is 0.305. The van der Waals surface area contributed by atoms with Crippen LogP contribution in [0.5, 0.6) is 0 Å². The van der Waals surface area contributed by atoms with Crippen LogP contribution in [0.1, 0.15) is 38.0 Å². The molecule has 2 aromatic rings. The molecule has 1 saturated heterocycles. The maximum absolute atomic E-state index is 12.4. The Hall–Kier alpha value is -2.10. The highest BCUT2D eigenvalue weighted by Crippen LogP contribution is 2.37. The maximum Gasteiger partial charge on any atom is 0.222 e. The molecule has 0 spiro atoms. The number of aryl methyl sites for hydroxylation is 1. The smallest absolute Gasteiger partial charge is 0.222 e. The Labute approximate surface area is 142 Å². The van der Waals surface area contributed by atoms with Gasteiger partial charge in [-0.25, -0.2) is 4.98 Å². The number of oxazole rings is 1. The third-order valence-corrected chi connectivity index (χ3v) is 5.47. The van der Waals surface area contributed by atoms with Gasteiger partial charge in [-0.2, -0.15) is 0 Å². The van der Waals surface area contributed by atoms with Gasteiger partial charge in [0.15, 0.2) is 11.7 Å². The second kappa shape index (κ2) is 6.80. The molecule has 0 unspecified atom stereocenters. The number of carbonyl (C=O) groups is 1. The molecule has 1 aliphatic heterocycles. The predicted octanol–water partition coefficient (Wildman–Crippen LogP) is 3.92. The maximum atomic E-state index is 12.4. The van der Waals surface area contributed by atoms with Gasteiger partial charge in [0.25, 0.3) is 0 Å². The summed E-state index contributed by atoms with van der Waals surface area (Å²) in [6, 6.07) is 9.98. The van der Waals surface area contributed by atoms with Crippen molar-refractivity contribution in [3.05, 3.63) is 42.4 Å². The van der Waals surface area contributed by atoms with Gasteiger partial charge in [0.1, 0.15) is 0 Å². The molecule has 4 nitrogen and oxygen atoms in total. The molecule has 0 bridgehead atoms. The van der Waals surface area contributed by atoms with Gasteiger partial charge in [0.05, 0.1) is 6.20 Å². The van der Waals surface area contributed by atoms with E-state index in [2.05, 4.69) is 9.88 Å². The zero-order chi connectivity index (χ0) is 16.4. The minimum absolute atomic E-state index is 0.305. The number of amides is 1. The first-order chi connectivity index (χ1) is 11.8. The Kier molecular flexibility index (Phi) is 4.37. The van der Waals surface area contributed by atoms with Crippen molar-refractivity contribution in [2.45, 2.75) is 38.5 Å². The van der Waals surface area contributed by atoms with Crippen LogP contribution in [0.3, 0.4) is 0 Å². The topological polar surface area (TPSA) is 46.3 Å². The summed E-state index contributed by atoms with van der Waals surface area (Å²) in [5.74, 6) is 3.37. The van der Waals surface area contributed by atoms with E-state index in [9.17, 15) is 4.79 Å². The molecule has 1 saturated carbocycles. The van der Waals surface area contributed by atoms with E-state index in [-0.39, 0.29) is 0 Å². The van der Waals surface area contributed by atoms with Crippen molar-refractivity contribution < 1.29 is 9.21 Å². The van der Waals surface area contributed by atoms with Crippen LogP contribution in [0.2, 0.25) is 0 Å². The second-order valence-corrected chi connectivity index (χ2v) is 7.09. The van der Waals surface area contributed by atoms with Crippen molar-refractivity contribution in [3.8, 4) is 11.3 Å². The van der Waals surface area contributed by atoms with Gasteiger partial charge in [-0.1, -0.05) is 36.8 Å². The van der Waals surface area contributed by atoms with Crippen molar-refractivity contribution in [2.75, 3.05) is 13.1 Å². The van der Waals surface area contributed by atoms with Crippen LogP contribution in [0.4, 0.5) is 0 Å². The van der Waals surface area contributed by atoms with E-state index in [1.54, 1.807) is 6.20 Å². The SMILES string of the molecule is O=C(CCCc1ncc(-c2ccccc2)o1)N1C[C@@H]2CCC[C@H]2C1. The number of fused-ring (bicyclic) bond motifs is 1. The lowest BCUT2D eigenvalue weighted by Gasteiger charge is -2.16. The molecule has 4 heteroatoms. The number of benzene rings is 1. The Morgan fingerprint density at radius 3 is 2.67 bits per heavy atom. The molecule has 2 aliphatic rings. The van der Waals surface area contributed by atoms with Crippen LogP contribution in [-0.2, 0) is 11.2 Å². The molecule has 0 radical (unpaired) electrons. The summed E-state index contributed by atoms with van der Waals surface area (Å²) in [5, 5.41) is 0. The van der Waals surface area contributed by atoms with Crippen molar-refractivity contribution in [1.29, 1.82) is 0 Å². The fraction of sp³-hybridized carbons (Fsp3) is 0.500. The van der Waals surface area contributed by atoms with Gasteiger partial charge in [0, 0.05) is 31.5 Å². The number of nitrogens with zero attached hydrogens (tertiary/aromatic N) is 2. The molecule has 1 aromatic heterocycles. The van der Waals surface area contributed by atoms with Gasteiger partial charge >= 0.3 is 0 Å². The van der Waals surface area contributed by atoms with E-state index in [0.717, 1.165) is 55.0 Å². The fourth-order valence-electron chi connectivity index (χ4n) is 4.15. The van der Waals surface area contributed by atoms with Gasteiger partial charge in [0.2, 0.25) is 5.91 Å². The standard InChI is InChI=1S/C20H24N2O2/c23-20(22-13-16-8-4-9-17(16)14-22)11-5-10-19-21-12-18(24-19)15-6-2-1-3-7-15/h1-3,6-7,12,16-17H,4-5,8-11,13-14H2/t16-,17-/m0/s1. The Balaban J connectivity index is 1.26. The van der Waals surface area contributed by atoms with Gasteiger partial charge in [-0.15, -0.1) is 0 Å². The number of aromatic nitrogens is 1. The summed E-state index contributed by atoms with van der Waals surface area (Å²) < 4.78 is 5.80. The lowest BCUT2D eigenvalue weighted by atomic mass is 10.0. The van der Waals surface area contributed by atoms with E-state index in [1.165, 1.54) is 19.3 Å². The number of hydrogen-bond donors (Lipinski definition) is 0. The summed E-state index contributed by atoms with van der Waals surface area (Å²) in [6.07, 6.45) is 7.88. The molecule has 126 valence electrons. The molecule has 24 heavy (non-hydrogen) atoms. The van der Waals surface area contributed by atoms with Gasteiger partial charge in [-0.3, -0.25) is 4.79 Å². The first kappa shape index (κ1) is 15.4. The molecule has 1 aromatic carbocycles. The minimum Gasteiger partial charge on any atom is -0.441 e. The zero-order valence-electron chi connectivity index (χ0n) is 14.0. The molecule has 0 N–H and O–H groups in total. The van der Waals surface area contributed by atoms with Gasteiger partial charge in [-0.05, 0) is 31.1 Å². The number of rotatable bonds is 5. The fourth-order valence-corrected chi connectivity index (χ4v) is 4.15. The number of carbonyl (C=O) groups excluding carboxylic acids is 1. The van der Waals surface area contributed by atoms with E-state index in [1.807, 2.05) is 30.3 Å². The first-order valence-corrected chi connectivity index (χ1v) is 9.07. The number of likely N-dealkylation sites (tertiary alicyclic amines) is 1. The highest BCUT2D eigenvalue weighted by molar-refractivity contribution is 5.76. The van der Waals surface area contributed by atoms with E-state index in [0.29, 0.717) is 12.3 Å². The zero-order valence-corrected chi connectivity index (χ0v) is 14.0. The van der Waals surface area contributed by atoms with Crippen LogP contribution >= 0.6 is 0 Å². The van der Waals surface area contributed by atoms with Crippen LogP contribution in [0.25, 0.3) is 11.3 Å². The molecular formula is C20H24N2O2. The van der Waals surface area contributed by atoms with Crippen molar-refractivity contribution >= 4 is 5.91 Å². The average Bonchev–Trinajstić information content (AvgIpc) is 3.31. The molecular weight excluding hydrogens is 300 g/mol. The molecule has 2 heterocycles. The largest absolute Gasteiger partial charge is 0.441 e. The van der Waals surface area contributed by atoms with Crippen LogP contribution < -0.4 is 0 Å². The normalized spacial score (nSPS) is 22.8. The van der Waals surface area contributed by atoms with Crippen LogP contribution in [0.15, 0.2) is 40.9 Å². The third-order valence-electron chi connectivity index (χ3n) is 5.47. The second-order valence-electron chi connectivity index (χ2n) is 7.09. The van der Waals surface area contributed by atoms with E-state index >= 15 is 0 Å². The highest BCUT2D eigenvalue weighted by atomic mass is 16.4. The summed E-state index contributed by atoms with van der Waals surface area (Å²) >= 11 is 0. The number of hydrogen-bond acceptors (Lipinski definition) is 3. The summed E-state index contributed by atoms with van der Waals surface area (Å²) in [6.45, 7) is 1.97.